The number of rotatable bonds is 3. The van der Waals surface area contributed by atoms with Crippen LogP contribution in [0.5, 0.6) is 0 Å². The number of anilines is 1. The van der Waals surface area contributed by atoms with Crippen molar-refractivity contribution in [3.05, 3.63) is 17.6 Å². The van der Waals surface area contributed by atoms with Crippen LogP contribution in [0.2, 0.25) is 0 Å². The predicted octanol–water partition coefficient (Wildman–Crippen LogP) is 2.80. The van der Waals surface area contributed by atoms with Gasteiger partial charge in [-0.15, -0.1) is 0 Å². The quantitative estimate of drug-likeness (QED) is 0.869. The fraction of sp³-hybridized carbons (Fsp3) is 0.600. The average Bonchev–Trinajstić information content (AvgIpc) is 2.99. The maximum atomic E-state index is 12.5. The molecule has 0 amide bonds. The first-order valence-electron chi connectivity index (χ1n) is 5.20. The standard InChI is InChI=1S/C10H12F3N3/c1-2-14-8-5-7(6-3-4-6)15-9(16-8)10(11,12)13/h5-6H,2-4H2,1H3,(H,14,15,16). The van der Waals surface area contributed by atoms with Crippen LogP contribution in [0.15, 0.2) is 6.07 Å². The van der Waals surface area contributed by atoms with Crippen LogP contribution in [0.25, 0.3) is 0 Å². The van der Waals surface area contributed by atoms with E-state index in [1.54, 1.807) is 6.07 Å². The molecule has 3 nitrogen and oxygen atoms in total. The average molecular weight is 231 g/mol. The van der Waals surface area contributed by atoms with E-state index in [0.29, 0.717) is 12.2 Å². The Bertz CT molecular complexity index is 385. The monoisotopic (exact) mass is 231 g/mol. The molecule has 0 atom stereocenters. The minimum Gasteiger partial charge on any atom is -0.370 e. The molecule has 16 heavy (non-hydrogen) atoms. The van der Waals surface area contributed by atoms with Crippen LogP contribution in [0.1, 0.15) is 37.2 Å². The zero-order valence-electron chi connectivity index (χ0n) is 8.80. The first-order valence-corrected chi connectivity index (χ1v) is 5.20. The number of nitrogens with one attached hydrogen (secondary N) is 1. The summed E-state index contributed by atoms with van der Waals surface area (Å²) in [5, 5.41) is 2.79. The van der Waals surface area contributed by atoms with Crippen LogP contribution in [0, 0.1) is 0 Å². The van der Waals surface area contributed by atoms with Gasteiger partial charge in [0.2, 0.25) is 5.82 Å². The van der Waals surface area contributed by atoms with Gasteiger partial charge in [0, 0.05) is 24.2 Å². The van der Waals surface area contributed by atoms with Gasteiger partial charge in [-0.2, -0.15) is 13.2 Å². The highest BCUT2D eigenvalue weighted by molar-refractivity contribution is 5.38. The smallest absolute Gasteiger partial charge is 0.370 e. The van der Waals surface area contributed by atoms with E-state index >= 15 is 0 Å². The van der Waals surface area contributed by atoms with E-state index in [1.807, 2.05) is 6.92 Å². The molecule has 1 aliphatic carbocycles. The van der Waals surface area contributed by atoms with Crippen LogP contribution in [0.4, 0.5) is 19.0 Å². The van der Waals surface area contributed by atoms with Gasteiger partial charge in [-0.25, -0.2) is 9.97 Å². The number of hydrogen-bond acceptors (Lipinski definition) is 3. The van der Waals surface area contributed by atoms with Gasteiger partial charge >= 0.3 is 6.18 Å². The van der Waals surface area contributed by atoms with Crippen molar-refractivity contribution in [2.24, 2.45) is 0 Å². The Morgan fingerprint density at radius 2 is 2.06 bits per heavy atom. The summed E-state index contributed by atoms with van der Waals surface area (Å²) >= 11 is 0. The molecule has 2 rings (SSSR count). The Morgan fingerprint density at radius 3 is 2.56 bits per heavy atom. The molecular weight excluding hydrogens is 219 g/mol. The maximum Gasteiger partial charge on any atom is 0.451 e. The molecular formula is C10H12F3N3. The van der Waals surface area contributed by atoms with E-state index in [1.165, 1.54) is 0 Å². The number of nitrogens with zero attached hydrogens (tertiary/aromatic N) is 2. The van der Waals surface area contributed by atoms with Crippen LogP contribution >= 0.6 is 0 Å². The zero-order chi connectivity index (χ0) is 11.8. The molecule has 0 aromatic carbocycles. The summed E-state index contributed by atoms with van der Waals surface area (Å²) in [5.74, 6) is -0.610. The molecule has 1 aromatic heterocycles. The Morgan fingerprint density at radius 1 is 1.38 bits per heavy atom. The van der Waals surface area contributed by atoms with E-state index in [-0.39, 0.29) is 11.7 Å². The Hall–Kier alpha value is -1.33. The van der Waals surface area contributed by atoms with Crippen molar-refractivity contribution in [1.82, 2.24) is 9.97 Å². The topological polar surface area (TPSA) is 37.8 Å². The summed E-state index contributed by atoms with van der Waals surface area (Å²) in [4.78, 5) is 7.03. The lowest BCUT2D eigenvalue weighted by Gasteiger charge is -2.10. The molecule has 0 saturated heterocycles. The van der Waals surface area contributed by atoms with Crippen molar-refractivity contribution >= 4 is 5.82 Å². The van der Waals surface area contributed by atoms with Crippen molar-refractivity contribution in [3.8, 4) is 0 Å². The van der Waals surface area contributed by atoms with Gasteiger partial charge in [-0.1, -0.05) is 0 Å². The van der Waals surface area contributed by atoms with Crippen LogP contribution in [0.3, 0.4) is 0 Å². The number of aromatic nitrogens is 2. The van der Waals surface area contributed by atoms with Crippen molar-refractivity contribution in [2.45, 2.75) is 31.9 Å². The summed E-state index contributed by atoms with van der Waals surface area (Å²) in [7, 11) is 0. The summed E-state index contributed by atoms with van der Waals surface area (Å²) < 4.78 is 37.6. The summed E-state index contributed by atoms with van der Waals surface area (Å²) in [6.45, 7) is 2.35. The number of hydrogen-bond donors (Lipinski definition) is 1. The molecule has 0 spiro atoms. The molecule has 1 N–H and O–H groups in total. The lowest BCUT2D eigenvalue weighted by Crippen LogP contribution is -2.14. The molecule has 0 aliphatic heterocycles. The lowest BCUT2D eigenvalue weighted by atomic mass is 10.2. The first kappa shape index (κ1) is 11.2. The fourth-order valence-corrected chi connectivity index (χ4v) is 1.45. The second kappa shape index (κ2) is 3.92. The molecule has 1 saturated carbocycles. The molecule has 1 aromatic rings. The molecule has 1 aliphatic rings. The minimum atomic E-state index is -4.48. The highest BCUT2D eigenvalue weighted by Crippen LogP contribution is 2.40. The molecule has 1 fully saturated rings. The van der Waals surface area contributed by atoms with Crippen LogP contribution in [-0.4, -0.2) is 16.5 Å². The minimum absolute atomic E-state index is 0.182. The van der Waals surface area contributed by atoms with Gasteiger partial charge in [0.1, 0.15) is 5.82 Å². The number of alkyl halides is 3. The van der Waals surface area contributed by atoms with Crippen molar-refractivity contribution in [2.75, 3.05) is 11.9 Å². The van der Waals surface area contributed by atoms with Crippen LogP contribution in [-0.2, 0) is 6.18 Å². The molecule has 1 heterocycles. The summed E-state index contributed by atoms with van der Waals surface area (Å²) in [6.07, 6.45) is -2.64. The normalized spacial score (nSPS) is 16.2. The third-order valence-corrected chi connectivity index (χ3v) is 2.35. The van der Waals surface area contributed by atoms with Gasteiger partial charge < -0.3 is 5.32 Å². The first-order chi connectivity index (χ1) is 7.50. The molecule has 0 bridgehead atoms. The summed E-state index contributed by atoms with van der Waals surface area (Å²) in [5.41, 5.74) is 0.498. The van der Waals surface area contributed by atoms with Crippen molar-refractivity contribution in [1.29, 1.82) is 0 Å². The van der Waals surface area contributed by atoms with Crippen molar-refractivity contribution in [3.63, 3.8) is 0 Å². The highest BCUT2D eigenvalue weighted by Gasteiger charge is 2.37. The molecule has 6 heteroatoms. The Labute approximate surface area is 91.1 Å². The molecule has 0 unspecified atom stereocenters. The fourth-order valence-electron chi connectivity index (χ4n) is 1.45. The van der Waals surface area contributed by atoms with Crippen LogP contribution < -0.4 is 5.32 Å². The molecule has 88 valence electrons. The van der Waals surface area contributed by atoms with Gasteiger partial charge in [-0.3, -0.25) is 0 Å². The zero-order valence-corrected chi connectivity index (χ0v) is 8.80. The van der Waals surface area contributed by atoms with Gasteiger partial charge in [0.05, 0.1) is 0 Å². The lowest BCUT2D eigenvalue weighted by molar-refractivity contribution is -0.145. The third-order valence-electron chi connectivity index (χ3n) is 2.35. The summed E-state index contributed by atoms with van der Waals surface area (Å²) in [6, 6.07) is 1.61. The van der Waals surface area contributed by atoms with E-state index in [2.05, 4.69) is 15.3 Å². The SMILES string of the molecule is CCNc1cc(C2CC2)nc(C(F)(F)F)n1. The number of halogens is 3. The maximum absolute atomic E-state index is 12.5. The third kappa shape index (κ3) is 2.43. The van der Waals surface area contributed by atoms with Gasteiger partial charge in [0.25, 0.3) is 0 Å². The van der Waals surface area contributed by atoms with E-state index in [4.69, 9.17) is 0 Å². The second-order valence-electron chi connectivity index (χ2n) is 3.80. The van der Waals surface area contributed by atoms with Gasteiger partial charge in [0.15, 0.2) is 0 Å². The van der Waals surface area contributed by atoms with Crippen molar-refractivity contribution < 1.29 is 13.2 Å². The Kier molecular flexibility index (Phi) is 2.73. The predicted molar refractivity (Wildman–Crippen MR) is 53.2 cm³/mol. The van der Waals surface area contributed by atoms with E-state index in [0.717, 1.165) is 12.8 Å². The second-order valence-corrected chi connectivity index (χ2v) is 3.80. The molecule has 0 radical (unpaired) electrons. The Balaban J connectivity index is 2.36. The van der Waals surface area contributed by atoms with E-state index < -0.39 is 12.0 Å². The van der Waals surface area contributed by atoms with E-state index in [9.17, 15) is 13.2 Å². The highest BCUT2D eigenvalue weighted by atomic mass is 19.4. The van der Waals surface area contributed by atoms with Gasteiger partial charge in [-0.05, 0) is 19.8 Å². The largest absolute Gasteiger partial charge is 0.451 e.